The normalized spacial score (nSPS) is 48.5. The summed E-state index contributed by atoms with van der Waals surface area (Å²) in [6, 6.07) is 0. The number of hydrogen-bond donors (Lipinski definition) is 2. The van der Waals surface area contributed by atoms with Gasteiger partial charge in [-0.2, -0.15) is 0 Å². The first-order valence-corrected chi connectivity index (χ1v) is 13.5. The van der Waals surface area contributed by atoms with Gasteiger partial charge >= 0.3 is 11.9 Å². The number of esters is 1. The van der Waals surface area contributed by atoms with Crippen molar-refractivity contribution in [2.45, 2.75) is 97.6 Å². The van der Waals surface area contributed by atoms with Crippen molar-refractivity contribution < 1.29 is 34.1 Å². The molecule has 37 heavy (non-hydrogen) atoms. The predicted molar refractivity (Wildman–Crippen MR) is 136 cm³/mol. The summed E-state index contributed by atoms with van der Waals surface area (Å²) in [6.07, 6.45) is 4.46. The van der Waals surface area contributed by atoms with Gasteiger partial charge < -0.3 is 19.7 Å². The molecule has 2 N–H and O–H groups in total. The van der Waals surface area contributed by atoms with Crippen molar-refractivity contribution in [3.63, 3.8) is 0 Å². The average Bonchev–Trinajstić information content (AvgIpc) is 3.40. The molecule has 4 fully saturated rings. The first-order chi connectivity index (χ1) is 17.1. The van der Waals surface area contributed by atoms with Crippen LogP contribution in [0, 0.1) is 34.0 Å². The molecule has 0 aromatic carbocycles. The second kappa shape index (κ2) is 8.12. The Morgan fingerprint density at radius 1 is 1.16 bits per heavy atom. The third-order valence-electron chi connectivity index (χ3n) is 11.1. The van der Waals surface area contributed by atoms with Crippen LogP contribution < -0.4 is 0 Å². The number of carbonyl (C=O) groups excluding carboxylic acids is 2. The number of hydrogen-bond acceptors (Lipinski definition) is 6. The molecule has 0 radical (unpaired) electrons. The zero-order valence-corrected chi connectivity index (χ0v) is 22.8. The zero-order valence-electron chi connectivity index (χ0n) is 22.8. The van der Waals surface area contributed by atoms with Crippen LogP contribution in [0.25, 0.3) is 0 Å². The third kappa shape index (κ3) is 3.22. The van der Waals surface area contributed by atoms with Gasteiger partial charge in [-0.3, -0.25) is 14.4 Å². The van der Waals surface area contributed by atoms with Crippen molar-refractivity contribution in [1.29, 1.82) is 0 Å². The predicted octanol–water partition coefficient (Wildman–Crippen LogP) is 4.39. The summed E-state index contributed by atoms with van der Waals surface area (Å²) in [5.74, 6) is -1.56. The van der Waals surface area contributed by atoms with Gasteiger partial charge in [0, 0.05) is 23.7 Å². The van der Waals surface area contributed by atoms with Crippen LogP contribution >= 0.6 is 0 Å². The molecule has 202 valence electrons. The molecular formula is C30H40O7. The van der Waals surface area contributed by atoms with E-state index in [1.807, 2.05) is 47.6 Å². The van der Waals surface area contributed by atoms with Gasteiger partial charge in [-0.1, -0.05) is 45.4 Å². The number of aliphatic carboxylic acids is 1. The van der Waals surface area contributed by atoms with Gasteiger partial charge in [0.2, 0.25) is 0 Å². The van der Waals surface area contributed by atoms with E-state index in [4.69, 9.17) is 9.47 Å². The van der Waals surface area contributed by atoms with Crippen molar-refractivity contribution in [1.82, 2.24) is 0 Å². The molecule has 5 aliphatic rings. The number of allylic oxidation sites excluding steroid dienone is 3. The second-order valence-corrected chi connectivity index (χ2v) is 12.9. The maximum absolute atomic E-state index is 14.2. The fourth-order valence-corrected chi connectivity index (χ4v) is 8.81. The summed E-state index contributed by atoms with van der Waals surface area (Å²) in [5.41, 5.74) is -0.534. The minimum atomic E-state index is -0.927. The standard InChI is InChI=1S/C30H40O7/c1-15(2)19-13-24-30(37-24)21(27(19,5)9-8-25(33)34)14-22(31)28(6)20(12-23(32)29(28,30)7)16(3)10-18-11-17(4)26(35)36-18/h10,14,17-20,23-24,32H,1,8-9,11-13H2,2-7H3,(H,33,34). The van der Waals surface area contributed by atoms with Gasteiger partial charge in [-0.05, 0) is 68.1 Å². The molecular weight excluding hydrogens is 472 g/mol. The number of carboxylic acids is 1. The van der Waals surface area contributed by atoms with Crippen LogP contribution in [0.2, 0.25) is 0 Å². The lowest BCUT2D eigenvalue weighted by atomic mass is 9.43. The molecule has 1 spiro atoms. The van der Waals surface area contributed by atoms with E-state index in [1.165, 1.54) is 0 Å². The van der Waals surface area contributed by atoms with Crippen molar-refractivity contribution in [2.75, 3.05) is 0 Å². The van der Waals surface area contributed by atoms with E-state index in [0.717, 1.165) is 16.7 Å². The van der Waals surface area contributed by atoms with Crippen molar-refractivity contribution in [3.05, 3.63) is 35.5 Å². The lowest BCUT2D eigenvalue weighted by molar-refractivity contribution is -0.144. The van der Waals surface area contributed by atoms with E-state index in [1.54, 1.807) is 6.08 Å². The van der Waals surface area contributed by atoms with Gasteiger partial charge in [-0.25, -0.2) is 0 Å². The SMILES string of the molecule is C=C(C)C1CC2OC23C(=CC(=O)C2(C)C(C(C)=CC4CC(C)C(=O)O4)CC(O)C23C)C1(C)CCC(=O)O. The second-order valence-electron chi connectivity index (χ2n) is 12.9. The molecule has 2 aliphatic heterocycles. The molecule has 7 heteroatoms. The van der Waals surface area contributed by atoms with E-state index < -0.39 is 33.9 Å². The van der Waals surface area contributed by atoms with Gasteiger partial charge in [-0.15, -0.1) is 0 Å². The molecule has 10 atom stereocenters. The average molecular weight is 513 g/mol. The van der Waals surface area contributed by atoms with E-state index in [-0.39, 0.29) is 48.1 Å². The smallest absolute Gasteiger partial charge is 0.309 e. The number of aliphatic hydroxyl groups excluding tert-OH is 1. The maximum atomic E-state index is 14.2. The number of aliphatic hydroxyl groups is 1. The lowest BCUT2D eigenvalue weighted by Gasteiger charge is -2.57. The van der Waals surface area contributed by atoms with Gasteiger partial charge in [0.25, 0.3) is 0 Å². The highest BCUT2D eigenvalue weighted by atomic mass is 16.6. The maximum Gasteiger partial charge on any atom is 0.309 e. The largest absolute Gasteiger partial charge is 0.481 e. The summed E-state index contributed by atoms with van der Waals surface area (Å²) in [7, 11) is 0. The molecule has 0 bridgehead atoms. The fourth-order valence-electron chi connectivity index (χ4n) is 8.81. The number of carbonyl (C=O) groups is 3. The molecule has 5 rings (SSSR count). The van der Waals surface area contributed by atoms with Crippen LogP contribution in [-0.2, 0) is 23.9 Å². The number of carboxylic acid groups (broad SMARTS) is 1. The number of epoxide rings is 1. The number of cyclic esters (lactones) is 1. The van der Waals surface area contributed by atoms with Crippen LogP contribution in [0.15, 0.2) is 35.5 Å². The molecule has 2 saturated carbocycles. The number of rotatable bonds is 6. The van der Waals surface area contributed by atoms with E-state index in [9.17, 15) is 24.6 Å². The minimum absolute atomic E-state index is 0.0190. The van der Waals surface area contributed by atoms with Crippen LogP contribution in [0.4, 0.5) is 0 Å². The Morgan fingerprint density at radius 3 is 2.41 bits per heavy atom. The van der Waals surface area contributed by atoms with E-state index in [0.29, 0.717) is 25.7 Å². The highest BCUT2D eigenvalue weighted by Crippen LogP contribution is 2.78. The topological polar surface area (TPSA) is 113 Å². The Bertz CT molecular complexity index is 1150. The molecule has 2 heterocycles. The molecule has 0 aromatic rings. The first-order valence-electron chi connectivity index (χ1n) is 13.5. The summed E-state index contributed by atoms with van der Waals surface area (Å²) < 4.78 is 12.1. The molecule has 10 unspecified atom stereocenters. The number of fused-ring (bicyclic) bond motifs is 1. The summed E-state index contributed by atoms with van der Waals surface area (Å²) in [6.45, 7) is 16.0. The monoisotopic (exact) mass is 512 g/mol. The highest BCUT2D eigenvalue weighted by Gasteiger charge is 2.84. The Hall–Kier alpha value is -2.25. The molecule has 3 aliphatic carbocycles. The van der Waals surface area contributed by atoms with E-state index >= 15 is 0 Å². The van der Waals surface area contributed by atoms with Crippen molar-refractivity contribution in [2.24, 2.45) is 34.0 Å². The Labute approximate surface area is 219 Å². The molecule has 7 nitrogen and oxygen atoms in total. The molecule has 0 aromatic heterocycles. The van der Waals surface area contributed by atoms with Crippen LogP contribution in [0.1, 0.15) is 73.6 Å². The van der Waals surface area contributed by atoms with Crippen LogP contribution in [-0.4, -0.2) is 51.8 Å². The van der Waals surface area contributed by atoms with Gasteiger partial charge in [0.05, 0.1) is 18.1 Å². The first kappa shape index (κ1) is 26.4. The van der Waals surface area contributed by atoms with Crippen LogP contribution in [0.3, 0.4) is 0 Å². The van der Waals surface area contributed by atoms with E-state index in [2.05, 4.69) is 6.58 Å². The zero-order chi connectivity index (χ0) is 27.3. The van der Waals surface area contributed by atoms with Gasteiger partial charge in [0.1, 0.15) is 11.7 Å². The highest BCUT2D eigenvalue weighted by molar-refractivity contribution is 5.99. The number of ketones is 1. The number of ether oxygens (including phenoxy) is 2. The summed E-state index contributed by atoms with van der Waals surface area (Å²) in [5, 5.41) is 21.3. The Kier molecular flexibility index (Phi) is 5.79. The van der Waals surface area contributed by atoms with Crippen molar-refractivity contribution in [3.8, 4) is 0 Å². The Balaban J connectivity index is 1.60. The molecule has 2 saturated heterocycles. The quantitative estimate of drug-likeness (QED) is 0.308. The van der Waals surface area contributed by atoms with Gasteiger partial charge in [0.15, 0.2) is 5.78 Å². The lowest BCUT2D eigenvalue weighted by Crippen LogP contribution is -2.63. The summed E-state index contributed by atoms with van der Waals surface area (Å²) in [4.78, 5) is 37.8. The Morgan fingerprint density at radius 2 is 1.84 bits per heavy atom. The van der Waals surface area contributed by atoms with Crippen molar-refractivity contribution >= 4 is 17.7 Å². The third-order valence-corrected chi connectivity index (χ3v) is 11.1. The fraction of sp³-hybridized carbons (Fsp3) is 0.700. The minimum Gasteiger partial charge on any atom is -0.481 e. The molecule has 0 amide bonds. The van der Waals surface area contributed by atoms with Crippen LogP contribution in [0.5, 0.6) is 0 Å². The summed E-state index contributed by atoms with van der Waals surface area (Å²) >= 11 is 0.